The zero-order valence-electron chi connectivity index (χ0n) is 15.4. The molecular formula is C20H20BrN3O4. The molecule has 0 radical (unpaired) electrons. The first kappa shape index (κ1) is 20.0. The first-order chi connectivity index (χ1) is 13.5. The lowest BCUT2D eigenvalue weighted by Gasteiger charge is -2.13. The van der Waals surface area contributed by atoms with E-state index >= 15 is 0 Å². The highest BCUT2D eigenvalue weighted by Gasteiger charge is 2.35. The van der Waals surface area contributed by atoms with Gasteiger partial charge in [-0.25, -0.2) is 4.98 Å². The van der Waals surface area contributed by atoms with Crippen molar-refractivity contribution >= 4 is 33.7 Å². The van der Waals surface area contributed by atoms with Crippen molar-refractivity contribution < 1.29 is 19.1 Å². The monoisotopic (exact) mass is 445 g/mol. The number of ether oxygens (including phenoxy) is 1. The molecule has 1 aliphatic heterocycles. The second-order valence-electron chi connectivity index (χ2n) is 6.23. The SMILES string of the molecule is CCOc1ncccc1CNC(=O)CCCN1C(=O)c2ccc(Br)cc2C1=O. The number of hydrogen-bond acceptors (Lipinski definition) is 5. The van der Waals surface area contributed by atoms with Crippen LogP contribution in [0.15, 0.2) is 41.0 Å². The van der Waals surface area contributed by atoms with Crippen LogP contribution in [0.2, 0.25) is 0 Å². The molecule has 8 heteroatoms. The number of aromatic nitrogens is 1. The van der Waals surface area contributed by atoms with E-state index in [-0.39, 0.29) is 30.7 Å². The van der Waals surface area contributed by atoms with Gasteiger partial charge in [0.05, 0.1) is 17.7 Å². The van der Waals surface area contributed by atoms with Gasteiger partial charge in [0.15, 0.2) is 0 Å². The molecule has 2 heterocycles. The third kappa shape index (κ3) is 4.39. The van der Waals surface area contributed by atoms with Gasteiger partial charge in [0, 0.05) is 35.7 Å². The van der Waals surface area contributed by atoms with Crippen LogP contribution in [0.3, 0.4) is 0 Å². The highest BCUT2D eigenvalue weighted by atomic mass is 79.9. The minimum atomic E-state index is -0.321. The zero-order chi connectivity index (χ0) is 20.1. The fourth-order valence-corrected chi connectivity index (χ4v) is 3.33. The van der Waals surface area contributed by atoms with Crippen LogP contribution in [-0.4, -0.2) is 40.8 Å². The van der Waals surface area contributed by atoms with Gasteiger partial charge < -0.3 is 10.1 Å². The molecule has 3 amide bonds. The third-order valence-corrected chi connectivity index (χ3v) is 4.82. The summed E-state index contributed by atoms with van der Waals surface area (Å²) in [5.41, 5.74) is 1.59. The lowest BCUT2D eigenvalue weighted by Crippen LogP contribution is -2.32. The van der Waals surface area contributed by atoms with Crippen molar-refractivity contribution in [2.24, 2.45) is 0 Å². The Labute approximate surface area is 171 Å². The number of carbonyl (C=O) groups is 3. The van der Waals surface area contributed by atoms with Gasteiger partial charge in [0.1, 0.15) is 0 Å². The van der Waals surface area contributed by atoms with Crippen LogP contribution in [0.4, 0.5) is 0 Å². The number of hydrogen-bond donors (Lipinski definition) is 1. The number of imide groups is 1. The summed E-state index contributed by atoms with van der Waals surface area (Å²) >= 11 is 3.31. The number of amides is 3. The Hall–Kier alpha value is -2.74. The summed E-state index contributed by atoms with van der Waals surface area (Å²) < 4.78 is 6.18. The molecule has 146 valence electrons. The molecule has 1 aromatic heterocycles. The normalized spacial score (nSPS) is 12.9. The van der Waals surface area contributed by atoms with Gasteiger partial charge in [-0.2, -0.15) is 0 Å². The molecule has 3 rings (SSSR count). The Balaban J connectivity index is 1.49. The number of nitrogens with zero attached hydrogens (tertiary/aromatic N) is 2. The maximum absolute atomic E-state index is 12.4. The van der Waals surface area contributed by atoms with E-state index in [1.807, 2.05) is 13.0 Å². The van der Waals surface area contributed by atoms with Crippen LogP contribution in [0.1, 0.15) is 46.0 Å². The fourth-order valence-electron chi connectivity index (χ4n) is 2.97. The van der Waals surface area contributed by atoms with Gasteiger partial charge in [-0.15, -0.1) is 0 Å². The average Bonchev–Trinajstić information content (AvgIpc) is 2.92. The highest BCUT2D eigenvalue weighted by Crippen LogP contribution is 2.26. The van der Waals surface area contributed by atoms with Crippen molar-refractivity contribution in [3.05, 3.63) is 57.7 Å². The molecular weight excluding hydrogens is 426 g/mol. The second-order valence-corrected chi connectivity index (χ2v) is 7.15. The summed E-state index contributed by atoms with van der Waals surface area (Å²) in [6, 6.07) is 8.64. The van der Waals surface area contributed by atoms with Crippen molar-refractivity contribution in [1.82, 2.24) is 15.2 Å². The number of halogens is 1. The molecule has 28 heavy (non-hydrogen) atoms. The molecule has 0 saturated heterocycles. The fraction of sp³-hybridized carbons (Fsp3) is 0.300. The number of carbonyl (C=O) groups excluding carboxylic acids is 3. The minimum absolute atomic E-state index is 0.161. The van der Waals surface area contributed by atoms with Crippen LogP contribution < -0.4 is 10.1 Å². The molecule has 1 aliphatic rings. The molecule has 0 spiro atoms. The Morgan fingerprint density at radius 2 is 2.00 bits per heavy atom. The van der Waals surface area contributed by atoms with Gasteiger partial charge in [-0.3, -0.25) is 19.3 Å². The molecule has 2 aromatic rings. The lowest BCUT2D eigenvalue weighted by molar-refractivity contribution is -0.121. The molecule has 1 aromatic carbocycles. The van der Waals surface area contributed by atoms with Crippen LogP contribution in [0, 0.1) is 0 Å². The lowest BCUT2D eigenvalue weighted by atomic mass is 10.1. The standard InChI is InChI=1S/C20H20BrN3O4/c1-2-28-18-13(5-3-9-22-18)12-23-17(25)6-4-10-24-19(26)15-8-7-14(21)11-16(15)20(24)27/h3,5,7-9,11H,2,4,6,10,12H2,1H3,(H,23,25). The number of benzene rings is 1. The summed E-state index contributed by atoms with van der Waals surface area (Å²) in [7, 11) is 0. The Morgan fingerprint density at radius 1 is 1.21 bits per heavy atom. The van der Waals surface area contributed by atoms with Crippen LogP contribution >= 0.6 is 15.9 Å². The van der Waals surface area contributed by atoms with Gasteiger partial charge in [-0.1, -0.05) is 22.0 Å². The van der Waals surface area contributed by atoms with Crippen molar-refractivity contribution in [3.63, 3.8) is 0 Å². The topological polar surface area (TPSA) is 88.6 Å². The minimum Gasteiger partial charge on any atom is -0.478 e. The number of pyridine rings is 1. The molecule has 0 bridgehead atoms. The highest BCUT2D eigenvalue weighted by molar-refractivity contribution is 9.10. The van der Waals surface area contributed by atoms with E-state index in [1.165, 1.54) is 4.90 Å². The first-order valence-electron chi connectivity index (χ1n) is 9.00. The molecule has 0 aliphatic carbocycles. The van der Waals surface area contributed by atoms with E-state index < -0.39 is 0 Å². The number of fused-ring (bicyclic) bond motifs is 1. The van der Waals surface area contributed by atoms with Crippen LogP contribution in [0.5, 0.6) is 5.88 Å². The molecule has 0 saturated carbocycles. The summed E-state index contributed by atoms with van der Waals surface area (Å²) in [5, 5.41) is 2.82. The summed E-state index contributed by atoms with van der Waals surface area (Å²) in [6.07, 6.45) is 2.24. The van der Waals surface area contributed by atoms with E-state index in [1.54, 1.807) is 30.5 Å². The molecule has 0 fully saturated rings. The summed E-state index contributed by atoms with van der Waals surface area (Å²) in [5.74, 6) is -0.295. The first-order valence-corrected chi connectivity index (χ1v) is 9.79. The Morgan fingerprint density at radius 3 is 2.79 bits per heavy atom. The number of nitrogens with one attached hydrogen (secondary N) is 1. The van der Waals surface area contributed by atoms with E-state index in [0.29, 0.717) is 36.6 Å². The average molecular weight is 446 g/mol. The van der Waals surface area contributed by atoms with E-state index in [2.05, 4.69) is 26.2 Å². The zero-order valence-corrected chi connectivity index (χ0v) is 17.0. The maximum atomic E-state index is 12.4. The van der Waals surface area contributed by atoms with Crippen LogP contribution in [0.25, 0.3) is 0 Å². The predicted octanol–water partition coefficient (Wildman–Crippen LogP) is 2.94. The van der Waals surface area contributed by atoms with Crippen molar-refractivity contribution in [3.8, 4) is 5.88 Å². The van der Waals surface area contributed by atoms with Gasteiger partial charge in [0.2, 0.25) is 11.8 Å². The van der Waals surface area contributed by atoms with Gasteiger partial charge >= 0.3 is 0 Å². The molecule has 7 nitrogen and oxygen atoms in total. The van der Waals surface area contributed by atoms with Gasteiger partial charge in [-0.05, 0) is 37.6 Å². The van der Waals surface area contributed by atoms with Gasteiger partial charge in [0.25, 0.3) is 11.8 Å². The van der Waals surface area contributed by atoms with Crippen molar-refractivity contribution in [2.45, 2.75) is 26.3 Å². The third-order valence-electron chi connectivity index (χ3n) is 4.33. The summed E-state index contributed by atoms with van der Waals surface area (Å²) in [4.78, 5) is 42.2. The predicted molar refractivity (Wildman–Crippen MR) is 106 cm³/mol. The smallest absolute Gasteiger partial charge is 0.261 e. The molecule has 1 N–H and O–H groups in total. The largest absolute Gasteiger partial charge is 0.478 e. The van der Waals surface area contributed by atoms with E-state index in [9.17, 15) is 14.4 Å². The van der Waals surface area contributed by atoms with Crippen LogP contribution in [-0.2, 0) is 11.3 Å². The quantitative estimate of drug-likeness (QED) is 0.630. The van der Waals surface area contributed by atoms with E-state index in [0.717, 1.165) is 10.0 Å². The number of rotatable bonds is 8. The molecule has 0 atom stereocenters. The molecule has 0 unspecified atom stereocenters. The maximum Gasteiger partial charge on any atom is 0.261 e. The Bertz CT molecular complexity index is 916. The second kappa shape index (κ2) is 8.97. The van der Waals surface area contributed by atoms with Crippen molar-refractivity contribution in [1.29, 1.82) is 0 Å². The Kier molecular flexibility index (Phi) is 6.41. The van der Waals surface area contributed by atoms with Crippen molar-refractivity contribution in [2.75, 3.05) is 13.2 Å². The van der Waals surface area contributed by atoms with E-state index in [4.69, 9.17) is 4.74 Å². The summed E-state index contributed by atoms with van der Waals surface area (Å²) in [6.45, 7) is 2.88.